The predicted octanol–water partition coefficient (Wildman–Crippen LogP) is 2.49. The van der Waals surface area contributed by atoms with Crippen molar-refractivity contribution < 1.29 is 18.7 Å². The van der Waals surface area contributed by atoms with Gasteiger partial charge in [0.2, 0.25) is 0 Å². The summed E-state index contributed by atoms with van der Waals surface area (Å²) in [6.45, 7) is 1.48. The van der Waals surface area contributed by atoms with Crippen LogP contribution in [0.4, 0.5) is 0 Å². The normalized spacial score (nSPS) is 21.7. The van der Waals surface area contributed by atoms with Gasteiger partial charge in [-0.15, -0.1) is 0 Å². The molecule has 1 atom stereocenters. The van der Waals surface area contributed by atoms with Gasteiger partial charge in [0.05, 0.1) is 7.11 Å². The fourth-order valence-corrected chi connectivity index (χ4v) is 3.97. The second kappa shape index (κ2) is 6.19. The fraction of sp³-hybridized carbons (Fsp3) is 0.474. The third kappa shape index (κ3) is 2.70. The molecule has 25 heavy (non-hydrogen) atoms. The molecule has 1 spiro atoms. The molecule has 132 valence electrons. The second-order valence-electron chi connectivity index (χ2n) is 6.87. The Kier molecular flexibility index (Phi) is 4.00. The first kappa shape index (κ1) is 16.1. The average Bonchev–Trinajstić information content (AvgIpc) is 2.64. The average molecular weight is 343 g/mol. The minimum absolute atomic E-state index is 0.0369. The molecule has 6 nitrogen and oxygen atoms in total. The van der Waals surface area contributed by atoms with Gasteiger partial charge in [0.15, 0.2) is 11.3 Å². The molecule has 1 aliphatic heterocycles. The van der Waals surface area contributed by atoms with E-state index in [4.69, 9.17) is 13.9 Å². The minimum atomic E-state index is -0.644. The summed E-state index contributed by atoms with van der Waals surface area (Å²) in [5.74, 6) is 0.107. The Morgan fingerprint density at radius 1 is 1.28 bits per heavy atom. The number of nitrogens with one attached hydrogen (secondary N) is 1. The van der Waals surface area contributed by atoms with Crippen molar-refractivity contribution in [3.8, 4) is 5.75 Å². The first-order valence-corrected chi connectivity index (χ1v) is 8.62. The molecule has 6 heteroatoms. The van der Waals surface area contributed by atoms with E-state index in [0.717, 1.165) is 38.9 Å². The molecule has 0 radical (unpaired) electrons. The van der Waals surface area contributed by atoms with Crippen molar-refractivity contribution >= 4 is 16.9 Å². The molecular formula is C19H21NO5. The van der Waals surface area contributed by atoms with Crippen molar-refractivity contribution in [3.05, 3.63) is 40.2 Å². The first-order chi connectivity index (χ1) is 12.1. The summed E-state index contributed by atoms with van der Waals surface area (Å²) in [4.78, 5) is 25.0. The number of hydrogen-bond donors (Lipinski definition) is 1. The van der Waals surface area contributed by atoms with Crippen LogP contribution in [0.1, 0.15) is 36.0 Å². The highest BCUT2D eigenvalue weighted by Gasteiger charge is 2.48. The molecule has 1 amide bonds. The van der Waals surface area contributed by atoms with E-state index in [0.29, 0.717) is 16.7 Å². The lowest BCUT2D eigenvalue weighted by molar-refractivity contribution is -0.0523. The van der Waals surface area contributed by atoms with Gasteiger partial charge in [-0.1, -0.05) is 12.1 Å². The Bertz CT molecular complexity index is 866. The molecule has 4 rings (SSSR count). The van der Waals surface area contributed by atoms with Gasteiger partial charge in [-0.3, -0.25) is 4.79 Å². The quantitative estimate of drug-likeness (QED) is 0.867. The van der Waals surface area contributed by atoms with Crippen LogP contribution in [0.5, 0.6) is 5.75 Å². The van der Waals surface area contributed by atoms with Crippen LogP contribution < -0.4 is 15.7 Å². The van der Waals surface area contributed by atoms with Crippen molar-refractivity contribution in [2.75, 3.05) is 20.3 Å². The Morgan fingerprint density at radius 2 is 2.08 bits per heavy atom. The third-order valence-corrected chi connectivity index (χ3v) is 5.65. The highest BCUT2D eigenvalue weighted by atomic mass is 16.5. The Balaban J connectivity index is 1.60. The molecule has 1 saturated heterocycles. The molecule has 1 N–H and O–H groups in total. The maximum Gasteiger partial charge on any atom is 0.349 e. The standard InChI is InChI=1S/C19H21NO5/c1-23-14-4-2-3-12-11-13(18(22)25-16(12)14)17(21)20-15-5-6-19(15)7-9-24-10-8-19/h2-4,11,15H,5-10H2,1H3,(H,20,21). The van der Waals surface area contributed by atoms with Crippen LogP contribution in [0.15, 0.2) is 33.5 Å². The van der Waals surface area contributed by atoms with E-state index in [2.05, 4.69) is 5.32 Å². The van der Waals surface area contributed by atoms with Gasteiger partial charge >= 0.3 is 5.63 Å². The lowest BCUT2D eigenvalue weighted by Gasteiger charge is -2.52. The summed E-state index contributed by atoms with van der Waals surface area (Å²) in [5, 5.41) is 3.71. The highest BCUT2D eigenvalue weighted by Crippen LogP contribution is 2.48. The molecule has 1 aromatic heterocycles. The minimum Gasteiger partial charge on any atom is -0.493 e. The highest BCUT2D eigenvalue weighted by molar-refractivity contribution is 5.97. The van der Waals surface area contributed by atoms with Crippen LogP contribution in [-0.4, -0.2) is 32.3 Å². The zero-order valence-electron chi connectivity index (χ0n) is 14.2. The van der Waals surface area contributed by atoms with E-state index in [1.54, 1.807) is 24.3 Å². The van der Waals surface area contributed by atoms with Gasteiger partial charge in [0, 0.05) is 24.6 Å². The van der Waals surface area contributed by atoms with Crippen LogP contribution >= 0.6 is 0 Å². The van der Waals surface area contributed by atoms with E-state index in [1.807, 2.05) is 0 Å². The number of hydrogen-bond acceptors (Lipinski definition) is 5. The summed E-state index contributed by atoms with van der Waals surface area (Å²) < 4.78 is 16.0. The van der Waals surface area contributed by atoms with Crippen LogP contribution in [0.25, 0.3) is 11.0 Å². The summed E-state index contributed by atoms with van der Waals surface area (Å²) in [6, 6.07) is 6.99. The van der Waals surface area contributed by atoms with Gasteiger partial charge in [-0.25, -0.2) is 4.79 Å². The van der Waals surface area contributed by atoms with Crippen LogP contribution in [0.2, 0.25) is 0 Å². The molecule has 1 unspecified atom stereocenters. The first-order valence-electron chi connectivity index (χ1n) is 8.62. The number of benzene rings is 1. The van der Waals surface area contributed by atoms with E-state index in [9.17, 15) is 9.59 Å². The van der Waals surface area contributed by atoms with Gasteiger partial charge < -0.3 is 19.2 Å². The number of amides is 1. The fourth-order valence-electron chi connectivity index (χ4n) is 3.97. The van der Waals surface area contributed by atoms with E-state index in [1.165, 1.54) is 7.11 Å². The number of fused-ring (bicyclic) bond motifs is 1. The van der Waals surface area contributed by atoms with Crippen molar-refractivity contribution in [2.45, 2.75) is 31.7 Å². The van der Waals surface area contributed by atoms with Crippen molar-refractivity contribution in [1.82, 2.24) is 5.32 Å². The molecule has 1 saturated carbocycles. The molecular weight excluding hydrogens is 322 g/mol. The van der Waals surface area contributed by atoms with E-state index < -0.39 is 5.63 Å². The second-order valence-corrected chi connectivity index (χ2v) is 6.87. The third-order valence-electron chi connectivity index (χ3n) is 5.65. The maximum absolute atomic E-state index is 12.7. The summed E-state index contributed by atoms with van der Waals surface area (Å²) >= 11 is 0. The number of para-hydroxylation sites is 1. The van der Waals surface area contributed by atoms with Crippen molar-refractivity contribution in [2.24, 2.45) is 5.41 Å². The van der Waals surface area contributed by atoms with Gasteiger partial charge in [-0.05, 0) is 43.2 Å². The molecule has 2 fully saturated rings. The summed E-state index contributed by atoms with van der Waals surface area (Å²) in [7, 11) is 1.51. The summed E-state index contributed by atoms with van der Waals surface area (Å²) in [5.41, 5.74) is -0.116. The van der Waals surface area contributed by atoms with Crippen LogP contribution in [0, 0.1) is 5.41 Å². The largest absolute Gasteiger partial charge is 0.493 e. The van der Waals surface area contributed by atoms with E-state index >= 15 is 0 Å². The van der Waals surface area contributed by atoms with Crippen molar-refractivity contribution in [3.63, 3.8) is 0 Å². The molecule has 0 bridgehead atoms. The molecule has 2 aliphatic rings. The number of carbonyl (C=O) groups is 1. The maximum atomic E-state index is 12.7. The smallest absolute Gasteiger partial charge is 0.349 e. The Morgan fingerprint density at radius 3 is 2.76 bits per heavy atom. The van der Waals surface area contributed by atoms with Gasteiger partial charge in [0.1, 0.15) is 5.56 Å². The summed E-state index contributed by atoms with van der Waals surface area (Å²) in [6.07, 6.45) is 3.96. The monoisotopic (exact) mass is 343 g/mol. The number of ether oxygens (including phenoxy) is 2. The Hall–Kier alpha value is -2.34. The lowest BCUT2D eigenvalue weighted by Crippen LogP contribution is -2.57. The van der Waals surface area contributed by atoms with Crippen molar-refractivity contribution in [1.29, 1.82) is 0 Å². The topological polar surface area (TPSA) is 77.8 Å². The van der Waals surface area contributed by atoms with Crippen LogP contribution in [0.3, 0.4) is 0 Å². The predicted molar refractivity (Wildman–Crippen MR) is 92.0 cm³/mol. The van der Waals surface area contributed by atoms with Crippen LogP contribution in [-0.2, 0) is 4.74 Å². The van der Waals surface area contributed by atoms with E-state index in [-0.39, 0.29) is 22.9 Å². The molecule has 2 heterocycles. The zero-order valence-corrected chi connectivity index (χ0v) is 14.2. The molecule has 1 aliphatic carbocycles. The molecule has 1 aromatic carbocycles. The Labute approximate surface area is 145 Å². The van der Waals surface area contributed by atoms with Gasteiger partial charge in [-0.2, -0.15) is 0 Å². The zero-order chi connectivity index (χ0) is 17.4. The number of rotatable bonds is 3. The lowest BCUT2D eigenvalue weighted by atomic mass is 9.60. The number of methoxy groups -OCH3 is 1. The number of carbonyl (C=O) groups excluding carboxylic acids is 1. The molecule has 2 aromatic rings. The van der Waals surface area contributed by atoms with Gasteiger partial charge in [0.25, 0.3) is 5.91 Å². The SMILES string of the molecule is COc1cccc2cc(C(=O)NC3CCC34CCOCC4)c(=O)oc12.